The predicted octanol–water partition coefficient (Wildman–Crippen LogP) is 6.97. The molecule has 0 spiro atoms. The number of nitrogens with two attached hydrogens (primary N) is 1. The zero-order chi connectivity index (χ0) is 33.9. The van der Waals surface area contributed by atoms with Gasteiger partial charge in [0.1, 0.15) is 17.8 Å². The summed E-state index contributed by atoms with van der Waals surface area (Å²) in [5.74, 6) is -1.27. The number of sulfone groups is 1. The van der Waals surface area contributed by atoms with E-state index in [1.807, 2.05) is 12.1 Å². The molecule has 238 valence electrons. The summed E-state index contributed by atoms with van der Waals surface area (Å²) in [6.45, 7) is 2.16. The highest BCUT2D eigenvalue weighted by molar-refractivity contribution is 7.90. The van der Waals surface area contributed by atoms with Crippen LogP contribution in [0.15, 0.2) is 65.6 Å². The molecule has 0 radical (unpaired) electrons. The van der Waals surface area contributed by atoms with Gasteiger partial charge in [0, 0.05) is 34.7 Å². The van der Waals surface area contributed by atoms with Gasteiger partial charge in [0.15, 0.2) is 9.84 Å². The topological polar surface area (TPSA) is 128 Å². The summed E-state index contributed by atoms with van der Waals surface area (Å²) >= 11 is 12.6. The van der Waals surface area contributed by atoms with Crippen molar-refractivity contribution in [1.82, 2.24) is 4.90 Å². The highest BCUT2D eigenvalue weighted by atomic mass is 35.5. The van der Waals surface area contributed by atoms with E-state index in [2.05, 4.69) is 0 Å². The molecule has 0 saturated carbocycles. The van der Waals surface area contributed by atoms with Gasteiger partial charge in [0.05, 0.1) is 28.6 Å². The minimum absolute atomic E-state index is 0.0161. The van der Waals surface area contributed by atoms with E-state index in [0.717, 1.165) is 32.2 Å². The van der Waals surface area contributed by atoms with Gasteiger partial charge in [0.2, 0.25) is 5.91 Å². The molecule has 0 bridgehead atoms. The monoisotopic (exact) mass is 682 g/mol. The number of nitriles is 2. The maximum Gasteiger partial charge on any atom is 0.408 e. The van der Waals surface area contributed by atoms with Crippen molar-refractivity contribution in [2.45, 2.75) is 61.6 Å². The molecule has 1 amide bonds. The SMILES string of the molecule is CC(C)(F)C[C@@H](C(N)=O)N(C(C#N)Cc1ccc(C#N)cc1Cl)[C@@H](c1ccc(-c2ccc(S(C)(=O)=O)cc2Cl)cc1)C(F)(F)F. The molecule has 3 aromatic rings. The summed E-state index contributed by atoms with van der Waals surface area (Å²) in [7, 11) is -3.56. The Kier molecular flexibility index (Phi) is 10.9. The predicted molar refractivity (Wildman–Crippen MR) is 163 cm³/mol. The van der Waals surface area contributed by atoms with Gasteiger partial charge >= 0.3 is 6.18 Å². The van der Waals surface area contributed by atoms with Gasteiger partial charge in [-0.15, -0.1) is 0 Å². The van der Waals surface area contributed by atoms with Crippen molar-refractivity contribution in [2.24, 2.45) is 5.73 Å². The molecule has 0 saturated heterocycles. The number of carbonyl (C=O) groups is 1. The first kappa shape index (κ1) is 35.8. The molecule has 0 aliphatic carbocycles. The molecule has 7 nitrogen and oxygen atoms in total. The summed E-state index contributed by atoms with van der Waals surface area (Å²) < 4.78 is 83.8. The summed E-state index contributed by atoms with van der Waals surface area (Å²) in [4.78, 5) is 13.2. The Morgan fingerprint density at radius 2 is 1.60 bits per heavy atom. The first-order valence-electron chi connectivity index (χ1n) is 13.3. The molecule has 0 aromatic heterocycles. The molecule has 0 heterocycles. The number of rotatable bonds is 11. The maximum atomic E-state index is 15.0. The van der Waals surface area contributed by atoms with Crippen LogP contribution in [0.5, 0.6) is 0 Å². The number of amides is 1. The molecule has 0 aliphatic rings. The van der Waals surface area contributed by atoms with Crippen molar-refractivity contribution in [2.75, 3.05) is 6.26 Å². The quantitative estimate of drug-likeness (QED) is 0.218. The van der Waals surface area contributed by atoms with E-state index in [1.165, 1.54) is 48.5 Å². The van der Waals surface area contributed by atoms with Crippen LogP contribution < -0.4 is 5.73 Å². The van der Waals surface area contributed by atoms with Crippen molar-refractivity contribution in [3.63, 3.8) is 0 Å². The Morgan fingerprint density at radius 1 is 0.978 bits per heavy atom. The molecule has 0 aliphatic heterocycles. The number of benzene rings is 3. The molecule has 3 aromatic carbocycles. The van der Waals surface area contributed by atoms with Crippen LogP contribution in [0, 0.1) is 22.7 Å². The zero-order valence-corrected chi connectivity index (χ0v) is 26.6. The molecular formula is C31H28Cl2F4N4O3S. The van der Waals surface area contributed by atoms with Gasteiger partial charge in [-0.05, 0) is 54.8 Å². The molecule has 3 rings (SSSR count). The van der Waals surface area contributed by atoms with Crippen molar-refractivity contribution in [3.05, 3.63) is 87.4 Å². The van der Waals surface area contributed by atoms with Crippen LogP contribution in [-0.2, 0) is 21.1 Å². The fourth-order valence-electron chi connectivity index (χ4n) is 4.93. The van der Waals surface area contributed by atoms with Crippen LogP contribution >= 0.6 is 23.2 Å². The van der Waals surface area contributed by atoms with Gasteiger partial charge in [-0.2, -0.15) is 23.7 Å². The van der Waals surface area contributed by atoms with Crippen LogP contribution in [0.2, 0.25) is 10.0 Å². The second-order valence-electron chi connectivity index (χ2n) is 11.0. The van der Waals surface area contributed by atoms with Gasteiger partial charge in [-0.3, -0.25) is 9.69 Å². The van der Waals surface area contributed by atoms with E-state index in [-0.39, 0.29) is 31.6 Å². The summed E-state index contributed by atoms with van der Waals surface area (Å²) in [6, 6.07) is 10.5. The number of alkyl halides is 4. The number of carbonyl (C=O) groups excluding carboxylic acids is 1. The van der Waals surface area contributed by atoms with Crippen LogP contribution in [0.3, 0.4) is 0 Å². The lowest BCUT2D eigenvalue weighted by Crippen LogP contribution is -2.56. The lowest BCUT2D eigenvalue weighted by molar-refractivity contribution is -0.198. The third-order valence-corrected chi connectivity index (χ3v) is 8.76. The number of primary amides is 1. The van der Waals surface area contributed by atoms with Crippen molar-refractivity contribution >= 4 is 38.9 Å². The Hall–Kier alpha value is -3.68. The Bertz CT molecular complexity index is 1760. The first-order valence-corrected chi connectivity index (χ1v) is 15.9. The Balaban J connectivity index is 2.19. The van der Waals surface area contributed by atoms with E-state index in [9.17, 15) is 22.9 Å². The third kappa shape index (κ3) is 8.95. The van der Waals surface area contributed by atoms with Crippen LogP contribution in [0.1, 0.15) is 43.0 Å². The van der Waals surface area contributed by atoms with Gasteiger partial charge in [-0.1, -0.05) is 59.6 Å². The minimum Gasteiger partial charge on any atom is -0.368 e. The van der Waals surface area contributed by atoms with E-state index < -0.39 is 58.6 Å². The van der Waals surface area contributed by atoms with E-state index in [4.69, 9.17) is 34.2 Å². The number of hydrogen-bond acceptors (Lipinski definition) is 6. The third-order valence-electron chi connectivity index (χ3n) is 6.99. The van der Waals surface area contributed by atoms with E-state index >= 15 is 13.2 Å². The number of nitrogens with zero attached hydrogens (tertiary/aromatic N) is 3. The molecular weight excluding hydrogens is 655 g/mol. The number of hydrogen-bond donors (Lipinski definition) is 1. The standard InChI is InChI=1S/C31H28Cl2F4N4O3S/c1-30(2,34)15-27(29(40)42)41(22(17-39)13-21-5-4-18(16-38)12-25(21)32)28(31(35,36)37)20-8-6-19(7-9-20)24-11-10-23(14-26(24)33)45(3,43)44/h4-12,14,22,27-28H,13,15H2,1-3H3,(H2,40,42)/t22?,27-,28-/m0/s1. The van der Waals surface area contributed by atoms with Crippen molar-refractivity contribution in [1.29, 1.82) is 10.5 Å². The smallest absolute Gasteiger partial charge is 0.368 e. The van der Waals surface area contributed by atoms with Crippen LogP contribution in [0.4, 0.5) is 17.6 Å². The average molecular weight is 684 g/mol. The summed E-state index contributed by atoms with van der Waals surface area (Å²) in [5, 5.41) is 19.4. The highest BCUT2D eigenvalue weighted by Crippen LogP contribution is 2.43. The summed E-state index contributed by atoms with van der Waals surface area (Å²) in [6.07, 6.45) is -5.25. The van der Waals surface area contributed by atoms with Gasteiger partial charge in [-0.25, -0.2) is 12.8 Å². The molecule has 14 heteroatoms. The molecule has 45 heavy (non-hydrogen) atoms. The largest absolute Gasteiger partial charge is 0.408 e. The van der Waals surface area contributed by atoms with E-state index in [1.54, 1.807) is 0 Å². The minimum atomic E-state index is -5.09. The van der Waals surface area contributed by atoms with Gasteiger partial charge in [0.25, 0.3) is 0 Å². The van der Waals surface area contributed by atoms with E-state index in [0.29, 0.717) is 16.0 Å². The van der Waals surface area contributed by atoms with Crippen molar-refractivity contribution in [3.8, 4) is 23.3 Å². The Morgan fingerprint density at radius 3 is 2.04 bits per heavy atom. The second-order valence-corrected chi connectivity index (χ2v) is 13.9. The fourth-order valence-corrected chi connectivity index (χ4v) is 6.19. The molecule has 3 atom stereocenters. The second kappa shape index (κ2) is 13.8. The van der Waals surface area contributed by atoms with Crippen LogP contribution in [-0.4, -0.2) is 49.4 Å². The molecule has 1 unspecified atom stereocenters. The fraction of sp³-hybridized carbons (Fsp3) is 0.323. The lowest BCUT2D eigenvalue weighted by Gasteiger charge is -2.41. The zero-order valence-electron chi connectivity index (χ0n) is 24.2. The van der Waals surface area contributed by atoms with Crippen LogP contribution in [0.25, 0.3) is 11.1 Å². The lowest BCUT2D eigenvalue weighted by atomic mass is 9.91. The highest BCUT2D eigenvalue weighted by Gasteiger charge is 2.51. The van der Waals surface area contributed by atoms with Crippen molar-refractivity contribution < 1.29 is 30.8 Å². The normalized spacial score (nSPS) is 14.3. The first-order chi connectivity index (χ1) is 20.8. The number of halogens is 6. The average Bonchev–Trinajstić information content (AvgIpc) is 2.93. The molecule has 2 N–H and O–H groups in total. The van der Waals surface area contributed by atoms with Gasteiger partial charge < -0.3 is 5.73 Å². The molecule has 0 fully saturated rings. The summed E-state index contributed by atoms with van der Waals surface area (Å²) in [5.41, 5.74) is 4.14. The maximum absolute atomic E-state index is 15.0. The Labute approximate surface area is 268 Å².